The van der Waals surface area contributed by atoms with Crippen LogP contribution in [0.5, 0.6) is 0 Å². The van der Waals surface area contributed by atoms with Crippen LogP contribution in [0, 0.1) is 17.1 Å². The van der Waals surface area contributed by atoms with Gasteiger partial charge in [-0.15, -0.1) is 0 Å². The first kappa shape index (κ1) is 17.8. The van der Waals surface area contributed by atoms with Crippen molar-refractivity contribution in [2.24, 2.45) is 0 Å². The monoisotopic (exact) mass is 370 g/mol. The maximum absolute atomic E-state index is 15.0. The Hall–Kier alpha value is -3.02. The average Bonchev–Trinajstić information content (AvgIpc) is 3.00. The smallest absolute Gasteiger partial charge is 0.268 e. The third-order valence-corrected chi connectivity index (χ3v) is 5.46. The lowest BCUT2D eigenvalue weighted by atomic mass is 10.2. The molecule has 0 unspecified atom stereocenters. The zero-order valence-electron chi connectivity index (χ0n) is 13.8. The molecule has 1 aromatic carbocycles. The minimum atomic E-state index is -4.10. The average molecular weight is 370 g/mol. The van der Waals surface area contributed by atoms with E-state index in [9.17, 15) is 12.8 Å². The van der Waals surface area contributed by atoms with E-state index in [-0.39, 0.29) is 28.3 Å². The van der Waals surface area contributed by atoms with E-state index >= 15 is 0 Å². The number of nitrogens with zero attached hydrogens (tertiary/aromatic N) is 3. The van der Waals surface area contributed by atoms with Gasteiger partial charge in [0.2, 0.25) is 0 Å². The van der Waals surface area contributed by atoms with Gasteiger partial charge in [-0.3, -0.25) is 4.98 Å². The van der Waals surface area contributed by atoms with E-state index < -0.39 is 15.8 Å². The molecule has 0 aliphatic carbocycles. The summed E-state index contributed by atoms with van der Waals surface area (Å²) in [5.74, 6) is -0.632. The van der Waals surface area contributed by atoms with Crippen LogP contribution in [0.3, 0.4) is 0 Å². The van der Waals surface area contributed by atoms with Crippen LogP contribution in [0.2, 0.25) is 0 Å². The van der Waals surface area contributed by atoms with Crippen LogP contribution in [0.25, 0.3) is 11.3 Å². The fourth-order valence-corrected chi connectivity index (χ4v) is 4.06. The van der Waals surface area contributed by atoms with E-state index in [1.165, 1.54) is 42.9 Å². The molecule has 8 heteroatoms. The van der Waals surface area contributed by atoms with Gasteiger partial charge >= 0.3 is 0 Å². The molecule has 26 heavy (non-hydrogen) atoms. The van der Waals surface area contributed by atoms with Gasteiger partial charge in [-0.25, -0.2) is 16.8 Å². The van der Waals surface area contributed by atoms with Gasteiger partial charge in [-0.2, -0.15) is 5.26 Å². The molecule has 0 saturated heterocycles. The molecule has 3 rings (SSSR count). The third kappa shape index (κ3) is 3.10. The van der Waals surface area contributed by atoms with Crippen LogP contribution in [0.4, 0.5) is 4.39 Å². The summed E-state index contributed by atoms with van der Waals surface area (Å²) in [4.78, 5) is 3.86. The summed E-state index contributed by atoms with van der Waals surface area (Å²) in [6.07, 6.45) is 4.18. The first-order valence-corrected chi connectivity index (χ1v) is 9.13. The summed E-state index contributed by atoms with van der Waals surface area (Å²) in [7, 11) is -2.46. The van der Waals surface area contributed by atoms with Gasteiger partial charge in [0, 0.05) is 36.3 Å². The van der Waals surface area contributed by atoms with Crippen molar-refractivity contribution in [1.29, 1.82) is 5.26 Å². The summed E-state index contributed by atoms with van der Waals surface area (Å²) < 4.78 is 42.1. The summed E-state index contributed by atoms with van der Waals surface area (Å²) in [5.41, 5.74) is 0.668. The second-order valence-corrected chi connectivity index (χ2v) is 7.34. The van der Waals surface area contributed by atoms with E-state index in [2.05, 4.69) is 10.3 Å². The zero-order valence-corrected chi connectivity index (χ0v) is 14.7. The molecule has 0 fully saturated rings. The van der Waals surface area contributed by atoms with Crippen molar-refractivity contribution in [2.45, 2.75) is 11.4 Å². The molecule has 1 N–H and O–H groups in total. The number of aromatic nitrogens is 2. The van der Waals surface area contributed by atoms with Crippen molar-refractivity contribution < 1.29 is 12.8 Å². The first-order valence-electron chi connectivity index (χ1n) is 7.69. The number of hydrogen-bond acceptors (Lipinski definition) is 5. The molecular formula is C18H15FN4O2S. The van der Waals surface area contributed by atoms with Crippen LogP contribution < -0.4 is 5.32 Å². The molecule has 2 heterocycles. The Balaban J connectivity index is 2.26. The number of hydrogen-bond donors (Lipinski definition) is 1. The quantitative estimate of drug-likeness (QED) is 0.746. The van der Waals surface area contributed by atoms with Crippen molar-refractivity contribution in [3.05, 3.63) is 71.9 Å². The van der Waals surface area contributed by atoms with Crippen molar-refractivity contribution in [1.82, 2.24) is 14.3 Å². The number of rotatable bonds is 5. The van der Waals surface area contributed by atoms with Crippen LogP contribution in [-0.4, -0.2) is 24.4 Å². The lowest BCUT2D eigenvalue weighted by Gasteiger charge is -2.10. The van der Waals surface area contributed by atoms with E-state index in [0.717, 1.165) is 3.97 Å². The summed E-state index contributed by atoms with van der Waals surface area (Å²) in [5, 5.41) is 11.8. The van der Waals surface area contributed by atoms with E-state index in [1.54, 1.807) is 19.2 Å². The van der Waals surface area contributed by atoms with Crippen LogP contribution in [0.15, 0.2) is 59.9 Å². The van der Waals surface area contributed by atoms with Crippen molar-refractivity contribution in [3.8, 4) is 17.3 Å². The van der Waals surface area contributed by atoms with Crippen molar-refractivity contribution in [3.63, 3.8) is 0 Å². The molecule has 0 saturated carbocycles. The Morgan fingerprint density at radius 2 is 2.12 bits per heavy atom. The molecule has 0 amide bonds. The van der Waals surface area contributed by atoms with Crippen LogP contribution in [-0.2, 0) is 16.6 Å². The standard InChI is InChI=1S/C18H15FN4O2S/c1-21-10-15-12-23(18(17(15)19)14-5-3-7-22-11-14)26(24,25)16-6-2-4-13(8-16)9-20/h2-8,11-12,21H,10H2,1H3. The Morgan fingerprint density at radius 3 is 2.77 bits per heavy atom. The van der Waals surface area contributed by atoms with Crippen molar-refractivity contribution in [2.75, 3.05) is 7.05 Å². The summed E-state index contributed by atoms with van der Waals surface area (Å²) >= 11 is 0. The van der Waals surface area contributed by atoms with Gasteiger partial charge in [0.05, 0.1) is 16.5 Å². The van der Waals surface area contributed by atoms with Gasteiger partial charge in [0.25, 0.3) is 10.0 Å². The van der Waals surface area contributed by atoms with E-state index in [0.29, 0.717) is 5.56 Å². The molecule has 0 radical (unpaired) electrons. The Labute approximate surface area is 150 Å². The molecule has 0 bridgehead atoms. The minimum Gasteiger partial charge on any atom is -0.316 e. The van der Waals surface area contributed by atoms with Gasteiger partial charge in [0.1, 0.15) is 5.69 Å². The van der Waals surface area contributed by atoms with E-state index in [1.807, 2.05) is 6.07 Å². The highest BCUT2D eigenvalue weighted by Crippen LogP contribution is 2.30. The predicted octanol–water partition coefficient (Wildman–Crippen LogP) is 2.52. The molecular weight excluding hydrogens is 355 g/mol. The number of nitrogens with one attached hydrogen (secondary N) is 1. The Bertz CT molecular complexity index is 1090. The van der Waals surface area contributed by atoms with Gasteiger partial charge < -0.3 is 5.32 Å². The Morgan fingerprint density at radius 1 is 1.31 bits per heavy atom. The number of benzene rings is 1. The SMILES string of the molecule is CNCc1cn(S(=O)(=O)c2cccc(C#N)c2)c(-c2cccnc2)c1F. The van der Waals surface area contributed by atoms with Crippen molar-refractivity contribution >= 4 is 10.0 Å². The normalized spacial score (nSPS) is 11.3. The lowest BCUT2D eigenvalue weighted by molar-refractivity contribution is 0.585. The highest BCUT2D eigenvalue weighted by atomic mass is 32.2. The minimum absolute atomic E-state index is 0.0901. The Kier molecular flexibility index (Phi) is 4.84. The molecule has 0 aliphatic rings. The molecule has 0 aliphatic heterocycles. The summed E-state index contributed by atoms with van der Waals surface area (Å²) in [6.45, 7) is 0.167. The van der Waals surface area contributed by atoms with Crippen LogP contribution in [0.1, 0.15) is 11.1 Å². The maximum atomic E-state index is 15.0. The third-order valence-electron chi connectivity index (χ3n) is 3.81. The van der Waals surface area contributed by atoms with Gasteiger partial charge in [-0.05, 0) is 37.4 Å². The topological polar surface area (TPSA) is 87.8 Å². The number of halogens is 1. The van der Waals surface area contributed by atoms with E-state index in [4.69, 9.17) is 5.26 Å². The first-order chi connectivity index (χ1) is 12.5. The van der Waals surface area contributed by atoms with Crippen LogP contribution >= 0.6 is 0 Å². The second-order valence-electron chi connectivity index (χ2n) is 5.53. The molecule has 6 nitrogen and oxygen atoms in total. The largest absolute Gasteiger partial charge is 0.316 e. The van der Waals surface area contributed by atoms with Gasteiger partial charge in [0.15, 0.2) is 5.82 Å². The highest BCUT2D eigenvalue weighted by molar-refractivity contribution is 7.90. The lowest BCUT2D eigenvalue weighted by Crippen LogP contribution is -2.14. The molecule has 2 aromatic heterocycles. The molecule has 0 spiro atoms. The molecule has 3 aromatic rings. The molecule has 0 atom stereocenters. The number of nitriles is 1. The van der Waals surface area contributed by atoms with Gasteiger partial charge in [-0.1, -0.05) is 6.07 Å². The second kappa shape index (κ2) is 7.07. The predicted molar refractivity (Wildman–Crippen MR) is 94.1 cm³/mol. The maximum Gasteiger partial charge on any atom is 0.268 e. The summed E-state index contributed by atoms with van der Waals surface area (Å²) in [6, 6.07) is 10.7. The fraction of sp³-hybridized carbons (Fsp3) is 0.111. The highest BCUT2D eigenvalue weighted by Gasteiger charge is 2.26. The zero-order chi connectivity index (χ0) is 18.7. The fourth-order valence-electron chi connectivity index (χ4n) is 2.61. The number of pyridine rings is 1. The molecule has 132 valence electrons.